The van der Waals surface area contributed by atoms with E-state index >= 15 is 0 Å². The van der Waals surface area contributed by atoms with Crippen LogP contribution < -0.4 is 5.56 Å². The van der Waals surface area contributed by atoms with Gasteiger partial charge in [-0.15, -0.1) is 11.3 Å². The largest absolute Gasteiger partial charge is 0.478 e. The number of nitrogens with zero attached hydrogens (tertiary/aromatic N) is 2. The van der Waals surface area contributed by atoms with Crippen LogP contribution in [0.3, 0.4) is 0 Å². The molecule has 4 rings (SSSR count). The molecule has 140 valence electrons. The molecule has 0 aliphatic carbocycles. The van der Waals surface area contributed by atoms with E-state index in [-0.39, 0.29) is 23.3 Å². The molecule has 2 aromatic heterocycles. The highest BCUT2D eigenvalue weighted by Gasteiger charge is 2.20. The average Bonchev–Trinajstić information content (AvgIpc) is 3.10. The lowest BCUT2D eigenvalue weighted by molar-refractivity contribution is 0.0699. The van der Waals surface area contributed by atoms with Crippen LogP contribution in [-0.2, 0) is 6.54 Å². The molecule has 0 aliphatic rings. The van der Waals surface area contributed by atoms with E-state index in [1.54, 1.807) is 12.1 Å². The molecule has 1 N–H and O–H groups in total. The van der Waals surface area contributed by atoms with Gasteiger partial charge in [-0.2, -0.15) is 0 Å². The Morgan fingerprint density at radius 3 is 2.64 bits per heavy atom. The first-order chi connectivity index (χ1) is 13.4. The molecule has 4 aromatic rings. The Balaban J connectivity index is 1.99. The maximum Gasteiger partial charge on any atom is 0.337 e. The summed E-state index contributed by atoms with van der Waals surface area (Å²) in [6.45, 7) is 2.10. The summed E-state index contributed by atoms with van der Waals surface area (Å²) in [5.41, 5.74) is 2.00. The van der Waals surface area contributed by atoms with Crippen molar-refractivity contribution in [1.82, 2.24) is 9.55 Å². The minimum Gasteiger partial charge on any atom is -0.478 e. The van der Waals surface area contributed by atoms with Gasteiger partial charge in [-0.25, -0.2) is 14.2 Å². The van der Waals surface area contributed by atoms with Crippen LogP contribution in [0.5, 0.6) is 0 Å². The number of aromatic carboxylic acids is 1. The fourth-order valence-electron chi connectivity index (χ4n) is 3.11. The predicted molar refractivity (Wildman–Crippen MR) is 107 cm³/mol. The lowest BCUT2D eigenvalue weighted by Crippen LogP contribution is -2.24. The molecule has 0 bridgehead atoms. The van der Waals surface area contributed by atoms with Crippen LogP contribution in [0, 0.1) is 12.7 Å². The third-order valence-electron chi connectivity index (χ3n) is 4.45. The van der Waals surface area contributed by atoms with Gasteiger partial charge in [-0.05, 0) is 30.7 Å². The van der Waals surface area contributed by atoms with Crippen LogP contribution in [0.25, 0.3) is 21.6 Å². The Kier molecular flexibility index (Phi) is 4.52. The summed E-state index contributed by atoms with van der Waals surface area (Å²) in [6, 6.07) is 13.4. The monoisotopic (exact) mass is 394 g/mol. The Morgan fingerprint density at radius 2 is 1.96 bits per heavy atom. The number of halogens is 1. The van der Waals surface area contributed by atoms with E-state index in [0.717, 1.165) is 22.5 Å². The van der Waals surface area contributed by atoms with Gasteiger partial charge in [0.15, 0.2) is 0 Å². The van der Waals surface area contributed by atoms with Gasteiger partial charge >= 0.3 is 5.97 Å². The third kappa shape index (κ3) is 3.20. The third-order valence-corrected chi connectivity index (χ3v) is 5.33. The van der Waals surface area contributed by atoms with Gasteiger partial charge in [0.25, 0.3) is 5.56 Å². The van der Waals surface area contributed by atoms with Crippen molar-refractivity contribution in [2.45, 2.75) is 13.5 Å². The van der Waals surface area contributed by atoms with Crippen molar-refractivity contribution in [3.8, 4) is 11.4 Å². The summed E-state index contributed by atoms with van der Waals surface area (Å²) in [6.07, 6.45) is 0. The normalized spacial score (nSPS) is 11.1. The fraction of sp³-hybridized carbons (Fsp3) is 0.0952. The van der Waals surface area contributed by atoms with Gasteiger partial charge in [0.05, 0.1) is 17.5 Å². The van der Waals surface area contributed by atoms with Gasteiger partial charge in [-0.1, -0.05) is 35.9 Å². The second-order valence-electron chi connectivity index (χ2n) is 6.46. The Bertz CT molecular complexity index is 1260. The summed E-state index contributed by atoms with van der Waals surface area (Å²) in [4.78, 5) is 29.8. The molecule has 0 saturated carbocycles. The number of aromatic nitrogens is 2. The van der Waals surface area contributed by atoms with Crippen molar-refractivity contribution in [2.24, 2.45) is 0 Å². The molecule has 0 fully saturated rings. The van der Waals surface area contributed by atoms with E-state index in [0.29, 0.717) is 16.2 Å². The zero-order valence-electron chi connectivity index (χ0n) is 14.8. The Hall–Kier alpha value is -3.32. The van der Waals surface area contributed by atoms with E-state index in [4.69, 9.17) is 0 Å². The molecule has 5 nitrogen and oxygen atoms in total. The van der Waals surface area contributed by atoms with E-state index in [2.05, 4.69) is 4.98 Å². The number of carboxylic acids is 1. The lowest BCUT2D eigenvalue weighted by Gasteiger charge is -2.13. The number of fused-ring (bicyclic) bond motifs is 1. The zero-order valence-corrected chi connectivity index (χ0v) is 15.7. The van der Waals surface area contributed by atoms with Crippen LogP contribution in [0.4, 0.5) is 4.39 Å². The highest BCUT2D eigenvalue weighted by atomic mass is 32.1. The molecule has 0 spiro atoms. The first-order valence-electron chi connectivity index (χ1n) is 8.51. The van der Waals surface area contributed by atoms with Crippen LogP contribution in [0.2, 0.25) is 0 Å². The highest BCUT2D eigenvalue weighted by Crippen LogP contribution is 2.26. The van der Waals surface area contributed by atoms with Crippen LogP contribution in [0.15, 0.2) is 58.7 Å². The molecular formula is C21H15FN2O3S. The van der Waals surface area contributed by atoms with Crippen molar-refractivity contribution in [3.05, 3.63) is 86.8 Å². The summed E-state index contributed by atoms with van der Waals surface area (Å²) in [5.74, 6) is -1.08. The van der Waals surface area contributed by atoms with Crippen molar-refractivity contribution in [3.63, 3.8) is 0 Å². The average molecular weight is 394 g/mol. The van der Waals surface area contributed by atoms with Gasteiger partial charge in [0.2, 0.25) is 0 Å². The minimum absolute atomic E-state index is 0.0545. The number of rotatable bonds is 4. The number of carbonyl (C=O) groups is 1. The molecule has 0 amide bonds. The van der Waals surface area contributed by atoms with Gasteiger partial charge < -0.3 is 5.11 Å². The van der Waals surface area contributed by atoms with Crippen molar-refractivity contribution < 1.29 is 14.3 Å². The maximum absolute atomic E-state index is 13.3. The van der Waals surface area contributed by atoms with E-state index in [1.807, 2.05) is 31.2 Å². The van der Waals surface area contributed by atoms with E-state index < -0.39 is 11.5 Å². The number of benzene rings is 2. The Labute approximate surface area is 163 Å². The number of hydrogen-bond acceptors (Lipinski definition) is 4. The molecule has 7 heteroatoms. The first kappa shape index (κ1) is 18.1. The molecule has 28 heavy (non-hydrogen) atoms. The van der Waals surface area contributed by atoms with Crippen molar-refractivity contribution in [1.29, 1.82) is 0 Å². The summed E-state index contributed by atoms with van der Waals surface area (Å²) in [5, 5.41) is 10.9. The SMILES string of the molecule is Cc1cccc(-c2nc3scc(C(=O)O)c3c(=O)n2Cc2ccc(F)cc2)c1. The molecule has 0 aliphatic heterocycles. The zero-order chi connectivity index (χ0) is 19.8. The highest BCUT2D eigenvalue weighted by molar-refractivity contribution is 7.17. The van der Waals surface area contributed by atoms with Gasteiger partial charge in [-0.3, -0.25) is 9.36 Å². The Morgan fingerprint density at radius 1 is 1.21 bits per heavy atom. The lowest BCUT2D eigenvalue weighted by atomic mass is 10.1. The standard InChI is InChI=1S/C21H15FN2O3S/c1-12-3-2-4-14(9-12)18-23-19-17(16(11-28-19)21(26)27)20(25)24(18)10-13-5-7-15(22)8-6-13/h2-9,11H,10H2,1H3,(H,26,27). The fourth-order valence-corrected chi connectivity index (χ4v) is 4.01. The second kappa shape index (κ2) is 7.01. The molecule has 0 saturated heterocycles. The van der Waals surface area contributed by atoms with Crippen molar-refractivity contribution >= 4 is 27.5 Å². The molecule has 0 radical (unpaired) electrons. The smallest absolute Gasteiger partial charge is 0.337 e. The van der Waals surface area contributed by atoms with E-state index in [9.17, 15) is 19.1 Å². The summed E-state index contributed by atoms with van der Waals surface area (Å²) < 4.78 is 14.7. The van der Waals surface area contributed by atoms with Crippen LogP contribution >= 0.6 is 11.3 Å². The number of thiophene rings is 1. The van der Waals surface area contributed by atoms with Crippen molar-refractivity contribution in [2.75, 3.05) is 0 Å². The summed E-state index contributed by atoms with van der Waals surface area (Å²) in [7, 11) is 0. The molecule has 0 unspecified atom stereocenters. The summed E-state index contributed by atoms with van der Waals surface area (Å²) >= 11 is 1.13. The molecule has 0 atom stereocenters. The van der Waals surface area contributed by atoms with Gasteiger partial charge in [0, 0.05) is 10.9 Å². The van der Waals surface area contributed by atoms with Crippen LogP contribution in [0.1, 0.15) is 21.5 Å². The van der Waals surface area contributed by atoms with E-state index in [1.165, 1.54) is 22.1 Å². The molecular weight excluding hydrogens is 379 g/mol. The van der Waals surface area contributed by atoms with Crippen LogP contribution in [-0.4, -0.2) is 20.6 Å². The second-order valence-corrected chi connectivity index (χ2v) is 7.32. The number of aryl methyl sites for hydroxylation is 1. The maximum atomic E-state index is 13.3. The molecule has 2 heterocycles. The minimum atomic E-state index is -1.17. The number of carboxylic acid groups (broad SMARTS) is 1. The predicted octanol–water partition coefficient (Wildman–Crippen LogP) is 4.32. The first-order valence-corrected chi connectivity index (χ1v) is 9.39. The van der Waals surface area contributed by atoms with Gasteiger partial charge in [0.1, 0.15) is 16.5 Å². The quantitative estimate of drug-likeness (QED) is 0.560. The topological polar surface area (TPSA) is 72.2 Å². The number of hydrogen-bond donors (Lipinski definition) is 1. The molecule has 2 aromatic carbocycles.